The van der Waals surface area contributed by atoms with Gasteiger partial charge in [-0.1, -0.05) is 49.3 Å². The van der Waals surface area contributed by atoms with Crippen molar-refractivity contribution < 1.29 is 9.32 Å². The minimum absolute atomic E-state index is 0.00684. The van der Waals surface area contributed by atoms with Gasteiger partial charge in [0.25, 0.3) is 0 Å². The molecule has 0 aliphatic carbocycles. The minimum Gasteiger partial charge on any atom is -0.350 e. The van der Waals surface area contributed by atoms with E-state index in [0.29, 0.717) is 24.6 Å². The summed E-state index contributed by atoms with van der Waals surface area (Å²) in [4.78, 5) is 16.2. The SMILES string of the molecule is CC(C)c1noc(CCC(=O)NC(C)c2ccccc2)n1. The van der Waals surface area contributed by atoms with E-state index in [-0.39, 0.29) is 17.9 Å². The number of amides is 1. The summed E-state index contributed by atoms with van der Waals surface area (Å²) >= 11 is 0. The number of rotatable bonds is 6. The molecule has 0 fully saturated rings. The van der Waals surface area contributed by atoms with Gasteiger partial charge in [0.2, 0.25) is 11.8 Å². The predicted octanol–water partition coefficient (Wildman–Crippen LogP) is 3.00. The zero-order valence-corrected chi connectivity index (χ0v) is 12.7. The van der Waals surface area contributed by atoms with Crippen molar-refractivity contribution in [3.05, 3.63) is 47.6 Å². The lowest BCUT2D eigenvalue weighted by atomic mass is 10.1. The summed E-state index contributed by atoms with van der Waals surface area (Å²) in [7, 11) is 0. The van der Waals surface area contributed by atoms with E-state index < -0.39 is 0 Å². The number of benzene rings is 1. The van der Waals surface area contributed by atoms with E-state index in [2.05, 4.69) is 15.5 Å². The largest absolute Gasteiger partial charge is 0.350 e. The number of nitrogens with one attached hydrogen (secondary N) is 1. The fraction of sp³-hybridized carbons (Fsp3) is 0.438. The summed E-state index contributed by atoms with van der Waals surface area (Å²) in [5, 5.41) is 6.85. The molecule has 5 nitrogen and oxygen atoms in total. The number of aryl methyl sites for hydroxylation is 1. The third-order valence-electron chi connectivity index (χ3n) is 3.24. The van der Waals surface area contributed by atoms with Crippen LogP contribution in [0.15, 0.2) is 34.9 Å². The first kappa shape index (κ1) is 15.2. The van der Waals surface area contributed by atoms with Gasteiger partial charge in [-0.05, 0) is 12.5 Å². The van der Waals surface area contributed by atoms with Crippen LogP contribution in [-0.4, -0.2) is 16.0 Å². The van der Waals surface area contributed by atoms with Gasteiger partial charge in [-0.25, -0.2) is 0 Å². The zero-order valence-electron chi connectivity index (χ0n) is 12.7. The van der Waals surface area contributed by atoms with Crippen molar-refractivity contribution in [3.8, 4) is 0 Å². The van der Waals surface area contributed by atoms with Gasteiger partial charge >= 0.3 is 0 Å². The molecular weight excluding hydrogens is 266 g/mol. The fourth-order valence-corrected chi connectivity index (χ4v) is 1.96. The Labute approximate surface area is 124 Å². The molecule has 0 aliphatic rings. The maximum absolute atomic E-state index is 11.9. The zero-order chi connectivity index (χ0) is 15.2. The van der Waals surface area contributed by atoms with Crippen molar-refractivity contribution in [3.63, 3.8) is 0 Å². The molecule has 112 valence electrons. The second kappa shape index (κ2) is 7.02. The van der Waals surface area contributed by atoms with Gasteiger partial charge in [-0.3, -0.25) is 4.79 Å². The highest BCUT2D eigenvalue weighted by molar-refractivity contribution is 5.76. The van der Waals surface area contributed by atoms with E-state index in [1.807, 2.05) is 51.1 Å². The van der Waals surface area contributed by atoms with E-state index in [0.717, 1.165) is 5.56 Å². The van der Waals surface area contributed by atoms with E-state index in [1.165, 1.54) is 0 Å². The predicted molar refractivity (Wildman–Crippen MR) is 79.7 cm³/mol. The Morgan fingerprint density at radius 1 is 1.24 bits per heavy atom. The molecule has 1 aromatic carbocycles. The maximum Gasteiger partial charge on any atom is 0.227 e. The summed E-state index contributed by atoms with van der Waals surface area (Å²) in [6.45, 7) is 5.97. The molecule has 1 N–H and O–H groups in total. The Hall–Kier alpha value is -2.17. The van der Waals surface area contributed by atoms with E-state index in [1.54, 1.807) is 0 Å². The lowest BCUT2D eigenvalue weighted by molar-refractivity contribution is -0.121. The second-order valence-corrected chi connectivity index (χ2v) is 5.40. The summed E-state index contributed by atoms with van der Waals surface area (Å²) in [6, 6.07) is 9.87. The van der Waals surface area contributed by atoms with Crippen LogP contribution in [-0.2, 0) is 11.2 Å². The Bertz CT molecular complexity index is 578. The molecular formula is C16H21N3O2. The lowest BCUT2D eigenvalue weighted by Crippen LogP contribution is -2.26. The number of aromatic nitrogens is 2. The topological polar surface area (TPSA) is 68.0 Å². The Balaban J connectivity index is 1.82. The molecule has 1 unspecified atom stereocenters. The van der Waals surface area contributed by atoms with Crippen molar-refractivity contribution in [2.45, 2.75) is 45.6 Å². The summed E-state index contributed by atoms with van der Waals surface area (Å²) < 4.78 is 5.12. The van der Waals surface area contributed by atoms with E-state index in [9.17, 15) is 4.79 Å². The molecule has 2 aromatic rings. The monoisotopic (exact) mass is 287 g/mol. The normalized spacial score (nSPS) is 12.4. The average Bonchev–Trinajstić information content (AvgIpc) is 2.95. The number of nitrogens with zero attached hydrogens (tertiary/aromatic N) is 2. The fourth-order valence-electron chi connectivity index (χ4n) is 1.96. The maximum atomic E-state index is 11.9. The van der Waals surface area contributed by atoms with Crippen LogP contribution in [0.25, 0.3) is 0 Å². The molecule has 1 atom stereocenters. The molecule has 1 heterocycles. The number of hydrogen-bond donors (Lipinski definition) is 1. The Morgan fingerprint density at radius 2 is 1.95 bits per heavy atom. The van der Waals surface area contributed by atoms with Crippen LogP contribution in [0.3, 0.4) is 0 Å². The summed E-state index contributed by atoms with van der Waals surface area (Å²) in [6.07, 6.45) is 0.809. The number of carbonyl (C=O) groups is 1. The number of carbonyl (C=O) groups excluding carboxylic acids is 1. The molecule has 0 saturated carbocycles. The average molecular weight is 287 g/mol. The lowest BCUT2D eigenvalue weighted by Gasteiger charge is -2.13. The molecule has 2 rings (SSSR count). The molecule has 0 saturated heterocycles. The van der Waals surface area contributed by atoms with Crippen LogP contribution >= 0.6 is 0 Å². The van der Waals surface area contributed by atoms with Crippen LogP contribution in [0, 0.1) is 0 Å². The quantitative estimate of drug-likeness (QED) is 0.886. The Kier molecular flexibility index (Phi) is 5.09. The van der Waals surface area contributed by atoms with E-state index in [4.69, 9.17) is 4.52 Å². The highest BCUT2D eigenvalue weighted by atomic mass is 16.5. The van der Waals surface area contributed by atoms with Crippen LogP contribution < -0.4 is 5.32 Å². The van der Waals surface area contributed by atoms with Gasteiger partial charge < -0.3 is 9.84 Å². The van der Waals surface area contributed by atoms with Crippen LogP contribution in [0.4, 0.5) is 0 Å². The van der Waals surface area contributed by atoms with Gasteiger partial charge in [0.05, 0.1) is 6.04 Å². The first-order chi connectivity index (χ1) is 10.1. The third-order valence-corrected chi connectivity index (χ3v) is 3.24. The smallest absolute Gasteiger partial charge is 0.227 e. The van der Waals surface area contributed by atoms with Crippen molar-refractivity contribution >= 4 is 5.91 Å². The minimum atomic E-state index is -0.0179. The van der Waals surface area contributed by atoms with Crippen LogP contribution in [0.2, 0.25) is 0 Å². The highest BCUT2D eigenvalue weighted by Gasteiger charge is 2.13. The molecule has 0 radical (unpaired) electrons. The first-order valence-electron chi connectivity index (χ1n) is 7.23. The van der Waals surface area contributed by atoms with Crippen molar-refractivity contribution in [2.75, 3.05) is 0 Å². The van der Waals surface area contributed by atoms with Crippen LogP contribution in [0.5, 0.6) is 0 Å². The molecule has 5 heteroatoms. The second-order valence-electron chi connectivity index (χ2n) is 5.40. The molecule has 0 aliphatic heterocycles. The van der Waals surface area contributed by atoms with Gasteiger partial charge in [0, 0.05) is 18.8 Å². The molecule has 1 aromatic heterocycles. The highest BCUT2D eigenvalue weighted by Crippen LogP contribution is 2.13. The van der Waals surface area contributed by atoms with Crippen molar-refractivity contribution in [2.24, 2.45) is 0 Å². The van der Waals surface area contributed by atoms with Crippen molar-refractivity contribution in [1.29, 1.82) is 0 Å². The standard InChI is InChI=1S/C16H21N3O2/c1-11(2)16-18-15(21-19-16)10-9-14(20)17-12(3)13-7-5-4-6-8-13/h4-8,11-12H,9-10H2,1-3H3,(H,17,20). The number of hydrogen-bond acceptors (Lipinski definition) is 4. The Morgan fingerprint density at radius 3 is 2.57 bits per heavy atom. The molecule has 0 spiro atoms. The van der Waals surface area contributed by atoms with Gasteiger partial charge in [0.15, 0.2) is 5.82 Å². The van der Waals surface area contributed by atoms with Crippen molar-refractivity contribution in [1.82, 2.24) is 15.5 Å². The molecule has 0 bridgehead atoms. The third kappa shape index (κ3) is 4.41. The van der Waals surface area contributed by atoms with Gasteiger partial charge in [-0.15, -0.1) is 0 Å². The molecule has 21 heavy (non-hydrogen) atoms. The van der Waals surface area contributed by atoms with Gasteiger partial charge in [-0.2, -0.15) is 4.98 Å². The summed E-state index contributed by atoms with van der Waals surface area (Å²) in [5.41, 5.74) is 1.09. The summed E-state index contributed by atoms with van der Waals surface area (Å²) in [5.74, 6) is 1.41. The first-order valence-corrected chi connectivity index (χ1v) is 7.23. The molecule has 1 amide bonds. The van der Waals surface area contributed by atoms with Gasteiger partial charge in [0.1, 0.15) is 0 Å². The van der Waals surface area contributed by atoms with Crippen LogP contribution in [0.1, 0.15) is 56.4 Å². The van der Waals surface area contributed by atoms with E-state index >= 15 is 0 Å².